The molecule has 1 heterocycles. The Morgan fingerprint density at radius 1 is 0.852 bits per heavy atom. The highest BCUT2D eigenvalue weighted by Gasteiger charge is 2.11. The van der Waals surface area contributed by atoms with E-state index in [1.165, 1.54) is 33.4 Å². The molecule has 0 atom stereocenters. The Hall–Kier alpha value is -3.13. The van der Waals surface area contributed by atoms with Crippen LogP contribution in [0.1, 0.15) is 29.4 Å². The number of hydrogen-bond donors (Lipinski definition) is 0. The predicted octanol–water partition coefficient (Wildman–Crippen LogP) is 6.56. The van der Waals surface area contributed by atoms with E-state index >= 15 is 0 Å². The lowest BCUT2D eigenvalue weighted by atomic mass is 10.1. The maximum absolute atomic E-state index is 4.74. The van der Waals surface area contributed by atoms with Crippen LogP contribution in [-0.2, 0) is 6.42 Å². The van der Waals surface area contributed by atoms with Crippen LogP contribution >= 0.6 is 0 Å². The molecule has 0 aliphatic carbocycles. The molecule has 0 aliphatic heterocycles. The van der Waals surface area contributed by atoms with E-state index in [1.807, 2.05) is 6.21 Å². The highest BCUT2D eigenvalue weighted by Crippen LogP contribution is 2.25. The summed E-state index contributed by atoms with van der Waals surface area (Å²) in [6.45, 7) is 6.53. The number of hydrogen-bond acceptors (Lipinski definition) is 1. The molecular weight excluding hydrogens is 328 g/mol. The van der Waals surface area contributed by atoms with Crippen LogP contribution in [0.4, 0.5) is 5.69 Å². The van der Waals surface area contributed by atoms with Gasteiger partial charge in [-0.2, -0.15) is 0 Å². The minimum absolute atomic E-state index is 0.979. The molecular formula is C25H24N2. The molecule has 1 aromatic heterocycles. The summed E-state index contributed by atoms with van der Waals surface area (Å²) in [7, 11) is 0. The zero-order chi connectivity index (χ0) is 18.8. The second-order valence-corrected chi connectivity index (χ2v) is 6.93. The summed E-state index contributed by atoms with van der Waals surface area (Å²) in [6.07, 6.45) is 3.01. The smallest absolute Gasteiger partial charge is 0.0636 e. The van der Waals surface area contributed by atoms with Crippen molar-refractivity contribution >= 4 is 22.7 Å². The van der Waals surface area contributed by atoms with Gasteiger partial charge in [-0.25, -0.2) is 0 Å². The molecule has 0 unspecified atom stereocenters. The SMILES string of the molecule is CCc1ccccc1-n1c(C)cc(C=Nc2ccc3ccccc3c2)c1C. The third-order valence-electron chi connectivity index (χ3n) is 5.17. The summed E-state index contributed by atoms with van der Waals surface area (Å²) in [5.74, 6) is 0. The van der Waals surface area contributed by atoms with E-state index in [1.54, 1.807) is 0 Å². The number of aromatic nitrogens is 1. The van der Waals surface area contributed by atoms with Crippen molar-refractivity contribution in [3.8, 4) is 5.69 Å². The average molecular weight is 352 g/mol. The second-order valence-electron chi connectivity index (χ2n) is 6.93. The number of fused-ring (bicyclic) bond motifs is 1. The van der Waals surface area contributed by atoms with E-state index in [0.717, 1.165) is 17.7 Å². The third kappa shape index (κ3) is 3.31. The highest BCUT2D eigenvalue weighted by atomic mass is 15.0. The van der Waals surface area contributed by atoms with E-state index in [-0.39, 0.29) is 0 Å². The van der Waals surface area contributed by atoms with Gasteiger partial charge in [0.15, 0.2) is 0 Å². The Balaban J connectivity index is 1.71. The van der Waals surface area contributed by atoms with Gasteiger partial charge >= 0.3 is 0 Å². The maximum atomic E-state index is 4.74. The first-order valence-corrected chi connectivity index (χ1v) is 9.47. The van der Waals surface area contributed by atoms with Crippen LogP contribution in [0, 0.1) is 13.8 Å². The van der Waals surface area contributed by atoms with Crippen molar-refractivity contribution in [2.45, 2.75) is 27.2 Å². The van der Waals surface area contributed by atoms with Gasteiger partial charge in [-0.05, 0) is 60.9 Å². The Morgan fingerprint density at radius 2 is 1.59 bits per heavy atom. The molecule has 2 heteroatoms. The van der Waals surface area contributed by atoms with Gasteiger partial charge in [0.2, 0.25) is 0 Å². The zero-order valence-electron chi connectivity index (χ0n) is 16.1. The first kappa shape index (κ1) is 17.3. The Labute approximate surface area is 160 Å². The molecule has 27 heavy (non-hydrogen) atoms. The van der Waals surface area contributed by atoms with Crippen molar-refractivity contribution < 1.29 is 0 Å². The summed E-state index contributed by atoms with van der Waals surface area (Å²) in [4.78, 5) is 4.74. The third-order valence-corrected chi connectivity index (χ3v) is 5.17. The molecule has 0 bridgehead atoms. The van der Waals surface area contributed by atoms with Crippen molar-refractivity contribution in [1.82, 2.24) is 4.57 Å². The summed E-state index contributed by atoms with van der Waals surface area (Å²) >= 11 is 0. The minimum Gasteiger partial charge on any atom is -0.318 e. The molecule has 0 aliphatic rings. The summed E-state index contributed by atoms with van der Waals surface area (Å²) in [6, 6.07) is 25.6. The van der Waals surface area contributed by atoms with Gasteiger partial charge in [0.1, 0.15) is 0 Å². The van der Waals surface area contributed by atoms with Crippen molar-refractivity contribution in [2.24, 2.45) is 4.99 Å². The zero-order valence-corrected chi connectivity index (χ0v) is 16.1. The van der Waals surface area contributed by atoms with Crippen LogP contribution in [0.15, 0.2) is 77.8 Å². The van der Waals surface area contributed by atoms with Crippen molar-refractivity contribution in [1.29, 1.82) is 0 Å². The lowest BCUT2D eigenvalue weighted by Crippen LogP contribution is -2.03. The molecule has 0 N–H and O–H groups in total. The molecule has 3 aromatic carbocycles. The topological polar surface area (TPSA) is 17.3 Å². The monoisotopic (exact) mass is 352 g/mol. The molecule has 0 radical (unpaired) electrons. The van der Waals surface area contributed by atoms with Crippen LogP contribution in [0.3, 0.4) is 0 Å². The molecule has 134 valence electrons. The fourth-order valence-corrected chi connectivity index (χ4v) is 3.72. The Kier molecular flexibility index (Phi) is 4.64. The Bertz CT molecular complexity index is 1130. The lowest BCUT2D eigenvalue weighted by Gasteiger charge is -2.13. The number of nitrogens with zero attached hydrogens (tertiary/aromatic N) is 2. The molecule has 0 fully saturated rings. The first-order valence-electron chi connectivity index (χ1n) is 9.47. The van der Waals surface area contributed by atoms with Gasteiger partial charge in [-0.1, -0.05) is 55.5 Å². The van der Waals surface area contributed by atoms with E-state index < -0.39 is 0 Å². The summed E-state index contributed by atoms with van der Waals surface area (Å²) in [5.41, 5.74) is 7.21. The van der Waals surface area contributed by atoms with Gasteiger partial charge < -0.3 is 4.57 Å². The van der Waals surface area contributed by atoms with Crippen molar-refractivity contribution in [2.75, 3.05) is 0 Å². The van der Waals surface area contributed by atoms with Gasteiger partial charge in [-0.15, -0.1) is 0 Å². The molecule has 0 saturated heterocycles. The largest absolute Gasteiger partial charge is 0.318 e. The second kappa shape index (κ2) is 7.24. The number of aliphatic imine (C=N–C) groups is 1. The summed E-state index contributed by atoms with van der Waals surface area (Å²) in [5, 5.41) is 2.46. The number of para-hydroxylation sites is 1. The average Bonchev–Trinajstić information content (AvgIpc) is 2.99. The molecule has 0 amide bonds. The number of rotatable bonds is 4. The van der Waals surface area contributed by atoms with E-state index in [0.29, 0.717) is 0 Å². The molecule has 0 saturated carbocycles. The normalized spacial score (nSPS) is 11.5. The van der Waals surface area contributed by atoms with Gasteiger partial charge in [0.05, 0.1) is 5.69 Å². The quantitative estimate of drug-likeness (QED) is 0.370. The fraction of sp³-hybridized carbons (Fsp3) is 0.160. The van der Waals surface area contributed by atoms with E-state index in [4.69, 9.17) is 4.99 Å². The van der Waals surface area contributed by atoms with Crippen LogP contribution in [0.5, 0.6) is 0 Å². The Morgan fingerprint density at radius 3 is 2.41 bits per heavy atom. The maximum Gasteiger partial charge on any atom is 0.0636 e. The van der Waals surface area contributed by atoms with Gasteiger partial charge in [-0.3, -0.25) is 4.99 Å². The highest BCUT2D eigenvalue weighted by molar-refractivity contribution is 5.88. The van der Waals surface area contributed by atoms with E-state index in [9.17, 15) is 0 Å². The summed E-state index contributed by atoms with van der Waals surface area (Å²) < 4.78 is 2.33. The molecule has 2 nitrogen and oxygen atoms in total. The van der Waals surface area contributed by atoms with Crippen LogP contribution in [-0.4, -0.2) is 10.8 Å². The first-order chi connectivity index (χ1) is 13.2. The number of benzene rings is 3. The standard InChI is InChI=1S/C25H24N2/c1-4-20-9-7-8-12-25(20)27-18(2)15-23(19(27)3)17-26-24-14-13-21-10-5-6-11-22(21)16-24/h5-17H,4H2,1-3H3. The molecule has 0 spiro atoms. The predicted molar refractivity (Wildman–Crippen MR) is 116 cm³/mol. The van der Waals surface area contributed by atoms with Crippen LogP contribution in [0.2, 0.25) is 0 Å². The van der Waals surface area contributed by atoms with Gasteiger partial charge in [0, 0.05) is 28.9 Å². The number of aryl methyl sites for hydroxylation is 2. The van der Waals surface area contributed by atoms with Crippen molar-refractivity contribution in [3.05, 3.63) is 95.3 Å². The molecule has 4 rings (SSSR count). The minimum atomic E-state index is 0.979. The van der Waals surface area contributed by atoms with Crippen LogP contribution < -0.4 is 0 Å². The van der Waals surface area contributed by atoms with E-state index in [2.05, 4.69) is 98.1 Å². The van der Waals surface area contributed by atoms with Gasteiger partial charge in [0.25, 0.3) is 0 Å². The lowest BCUT2D eigenvalue weighted by molar-refractivity contribution is 0.937. The fourth-order valence-electron chi connectivity index (χ4n) is 3.72. The van der Waals surface area contributed by atoms with Crippen LogP contribution in [0.25, 0.3) is 16.5 Å². The van der Waals surface area contributed by atoms with Crippen molar-refractivity contribution in [3.63, 3.8) is 0 Å². The molecule has 4 aromatic rings.